The summed E-state index contributed by atoms with van der Waals surface area (Å²) in [4.78, 5) is 18.9. The van der Waals surface area contributed by atoms with Crippen molar-refractivity contribution in [1.29, 1.82) is 0 Å². The Kier molecular flexibility index (Phi) is 2.45. The lowest BCUT2D eigenvalue weighted by molar-refractivity contribution is 0.0362. The number of nitrogens with zero attached hydrogens (tertiary/aromatic N) is 3. The summed E-state index contributed by atoms with van der Waals surface area (Å²) >= 11 is 0. The lowest BCUT2D eigenvalue weighted by atomic mass is 9.75. The largest absolute Gasteiger partial charge is 0.441 e. The van der Waals surface area contributed by atoms with Crippen molar-refractivity contribution in [2.24, 2.45) is 0 Å². The number of hydrogen-bond donors (Lipinski definition) is 0. The predicted octanol–water partition coefficient (Wildman–Crippen LogP) is 2.49. The topological polar surface area (TPSA) is 72.4 Å². The first-order valence-corrected chi connectivity index (χ1v) is 6.96. The number of aromatic nitrogens is 2. The molecule has 1 aliphatic carbocycles. The van der Waals surface area contributed by atoms with Gasteiger partial charge >= 0.3 is 0 Å². The number of oxazole rings is 1. The molecule has 1 amide bonds. The lowest BCUT2D eigenvalue weighted by Gasteiger charge is -2.45. The van der Waals surface area contributed by atoms with Gasteiger partial charge in [0, 0.05) is 18.2 Å². The third kappa shape index (κ3) is 1.54. The Morgan fingerprint density at radius 1 is 1.30 bits per heavy atom. The van der Waals surface area contributed by atoms with Crippen LogP contribution in [-0.2, 0) is 0 Å². The molecule has 2 fully saturated rings. The van der Waals surface area contributed by atoms with Crippen molar-refractivity contribution < 1.29 is 13.7 Å². The summed E-state index contributed by atoms with van der Waals surface area (Å²) in [6.07, 6.45) is 8.35. The van der Waals surface area contributed by atoms with Crippen LogP contribution >= 0.6 is 0 Å². The van der Waals surface area contributed by atoms with E-state index in [-0.39, 0.29) is 11.4 Å². The summed E-state index contributed by atoms with van der Waals surface area (Å²) in [6, 6.07) is 1.67. The fraction of sp³-hybridized carbons (Fsp3) is 0.500. The van der Waals surface area contributed by atoms with E-state index >= 15 is 0 Å². The number of amides is 1. The Morgan fingerprint density at radius 2 is 2.15 bits per heavy atom. The van der Waals surface area contributed by atoms with Crippen LogP contribution in [0.4, 0.5) is 0 Å². The molecule has 20 heavy (non-hydrogen) atoms. The van der Waals surface area contributed by atoms with Gasteiger partial charge in [0.15, 0.2) is 23.5 Å². The first kappa shape index (κ1) is 11.7. The number of likely N-dealkylation sites (tertiary alicyclic amines) is 1. The van der Waals surface area contributed by atoms with Crippen molar-refractivity contribution in [3.8, 4) is 11.5 Å². The molecule has 3 heterocycles. The van der Waals surface area contributed by atoms with Crippen LogP contribution in [0.3, 0.4) is 0 Å². The number of hydrogen-bond acceptors (Lipinski definition) is 5. The molecule has 0 atom stereocenters. The molecule has 1 spiro atoms. The van der Waals surface area contributed by atoms with Gasteiger partial charge in [0.05, 0.1) is 0 Å². The van der Waals surface area contributed by atoms with E-state index in [0.717, 1.165) is 32.2 Å². The SMILES string of the molecule is O=C(c1ncoc1-c1ccon1)N1CCCC12CCC2. The minimum absolute atomic E-state index is 0.0473. The summed E-state index contributed by atoms with van der Waals surface area (Å²) in [6.45, 7) is 0.809. The molecular formula is C14H15N3O3. The maximum absolute atomic E-state index is 12.8. The van der Waals surface area contributed by atoms with Gasteiger partial charge in [-0.05, 0) is 32.1 Å². The second-order valence-electron chi connectivity index (χ2n) is 5.55. The average molecular weight is 273 g/mol. The third-order valence-corrected chi connectivity index (χ3v) is 4.57. The molecule has 0 unspecified atom stereocenters. The summed E-state index contributed by atoms with van der Waals surface area (Å²) in [7, 11) is 0. The lowest BCUT2D eigenvalue weighted by Crippen LogP contribution is -2.52. The summed E-state index contributed by atoms with van der Waals surface area (Å²) < 4.78 is 10.1. The van der Waals surface area contributed by atoms with Crippen LogP contribution in [0, 0.1) is 0 Å². The van der Waals surface area contributed by atoms with Gasteiger partial charge in [-0.2, -0.15) is 0 Å². The second kappa shape index (κ2) is 4.19. The van der Waals surface area contributed by atoms with Crippen LogP contribution in [0.25, 0.3) is 11.5 Å². The minimum atomic E-state index is -0.0473. The van der Waals surface area contributed by atoms with E-state index in [2.05, 4.69) is 10.1 Å². The average Bonchev–Trinajstić information content (AvgIpc) is 3.14. The van der Waals surface area contributed by atoms with Crippen LogP contribution in [0.2, 0.25) is 0 Å². The molecule has 0 radical (unpaired) electrons. The molecule has 6 heteroatoms. The zero-order valence-electron chi connectivity index (χ0n) is 11.0. The van der Waals surface area contributed by atoms with Crippen molar-refractivity contribution in [3.05, 3.63) is 24.4 Å². The van der Waals surface area contributed by atoms with Crippen LogP contribution in [0.15, 0.2) is 27.7 Å². The van der Waals surface area contributed by atoms with Crippen LogP contribution in [0.1, 0.15) is 42.6 Å². The Hall–Kier alpha value is -2.11. The zero-order chi connectivity index (χ0) is 13.6. The molecule has 0 bridgehead atoms. The Morgan fingerprint density at radius 3 is 2.85 bits per heavy atom. The van der Waals surface area contributed by atoms with Crippen LogP contribution < -0.4 is 0 Å². The van der Waals surface area contributed by atoms with E-state index in [1.807, 2.05) is 4.90 Å². The highest BCUT2D eigenvalue weighted by Crippen LogP contribution is 2.46. The molecule has 6 nitrogen and oxygen atoms in total. The van der Waals surface area contributed by atoms with Crippen molar-refractivity contribution in [1.82, 2.24) is 15.0 Å². The molecular weight excluding hydrogens is 258 g/mol. The number of carbonyl (C=O) groups is 1. The molecule has 1 aliphatic heterocycles. The summed E-state index contributed by atoms with van der Waals surface area (Å²) in [5.41, 5.74) is 0.928. The van der Waals surface area contributed by atoms with Crippen molar-refractivity contribution in [2.75, 3.05) is 6.54 Å². The molecule has 0 N–H and O–H groups in total. The Bertz CT molecular complexity index is 628. The molecule has 2 aromatic rings. The van der Waals surface area contributed by atoms with Crippen LogP contribution in [-0.4, -0.2) is 33.0 Å². The van der Waals surface area contributed by atoms with E-state index in [1.165, 1.54) is 19.1 Å². The van der Waals surface area contributed by atoms with Crippen LogP contribution in [0.5, 0.6) is 0 Å². The fourth-order valence-electron chi connectivity index (χ4n) is 3.40. The standard InChI is InChI=1S/C14H15N3O3/c18-13(17-7-2-6-14(17)4-1-5-14)11-12(19-9-15-11)10-3-8-20-16-10/h3,8-9H,1-2,4-7H2. The number of carbonyl (C=O) groups excluding carboxylic acids is 1. The van der Waals surface area contributed by atoms with E-state index < -0.39 is 0 Å². The van der Waals surface area contributed by atoms with Crippen molar-refractivity contribution in [3.63, 3.8) is 0 Å². The van der Waals surface area contributed by atoms with Gasteiger partial charge in [0.2, 0.25) is 0 Å². The van der Waals surface area contributed by atoms with E-state index in [9.17, 15) is 4.79 Å². The maximum atomic E-state index is 12.8. The van der Waals surface area contributed by atoms with Gasteiger partial charge in [-0.25, -0.2) is 4.98 Å². The normalized spacial score (nSPS) is 20.3. The summed E-state index contributed by atoms with van der Waals surface area (Å²) in [5.74, 6) is 0.346. The van der Waals surface area contributed by atoms with Gasteiger partial charge in [-0.3, -0.25) is 4.79 Å². The van der Waals surface area contributed by atoms with Crippen molar-refractivity contribution in [2.45, 2.75) is 37.6 Å². The monoisotopic (exact) mass is 273 g/mol. The molecule has 1 saturated carbocycles. The Labute approximate surface area is 115 Å². The predicted molar refractivity (Wildman–Crippen MR) is 68.9 cm³/mol. The molecule has 104 valence electrons. The zero-order valence-corrected chi connectivity index (χ0v) is 11.0. The smallest absolute Gasteiger partial charge is 0.277 e. The second-order valence-corrected chi connectivity index (χ2v) is 5.55. The van der Waals surface area contributed by atoms with E-state index in [1.54, 1.807) is 6.07 Å². The fourth-order valence-corrected chi connectivity index (χ4v) is 3.40. The Balaban J connectivity index is 1.68. The number of rotatable bonds is 2. The highest BCUT2D eigenvalue weighted by Gasteiger charge is 2.48. The quantitative estimate of drug-likeness (QED) is 0.840. The summed E-state index contributed by atoms with van der Waals surface area (Å²) in [5, 5.41) is 3.82. The molecule has 2 aliphatic rings. The third-order valence-electron chi connectivity index (χ3n) is 4.57. The first-order valence-electron chi connectivity index (χ1n) is 6.96. The van der Waals surface area contributed by atoms with E-state index in [4.69, 9.17) is 8.94 Å². The minimum Gasteiger partial charge on any atom is -0.441 e. The van der Waals surface area contributed by atoms with E-state index in [0.29, 0.717) is 17.1 Å². The van der Waals surface area contributed by atoms with Gasteiger partial charge in [0.25, 0.3) is 5.91 Å². The molecule has 0 aromatic carbocycles. The highest BCUT2D eigenvalue weighted by molar-refractivity contribution is 5.97. The highest BCUT2D eigenvalue weighted by atomic mass is 16.5. The van der Waals surface area contributed by atoms with Gasteiger partial charge in [0.1, 0.15) is 6.26 Å². The van der Waals surface area contributed by atoms with Crippen molar-refractivity contribution >= 4 is 5.91 Å². The van der Waals surface area contributed by atoms with Gasteiger partial charge < -0.3 is 13.8 Å². The van der Waals surface area contributed by atoms with Gasteiger partial charge in [-0.1, -0.05) is 5.16 Å². The van der Waals surface area contributed by atoms with Gasteiger partial charge in [-0.15, -0.1) is 0 Å². The maximum Gasteiger partial charge on any atom is 0.277 e. The molecule has 2 aromatic heterocycles. The molecule has 1 saturated heterocycles. The first-order chi connectivity index (χ1) is 9.80. The molecule has 4 rings (SSSR count).